The lowest BCUT2D eigenvalue weighted by Crippen LogP contribution is -2.42. The predicted octanol–water partition coefficient (Wildman–Crippen LogP) is 1.63. The first kappa shape index (κ1) is 13.3. The molecule has 0 aromatic carbocycles. The van der Waals surface area contributed by atoms with Crippen LogP contribution in [0.5, 0.6) is 0 Å². The van der Waals surface area contributed by atoms with Crippen LogP contribution in [0.1, 0.15) is 31.4 Å². The van der Waals surface area contributed by atoms with E-state index in [-0.39, 0.29) is 6.04 Å². The van der Waals surface area contributed by atoms with Crippen molar-refractivity contribution in [3.05, 3.63) is 23.9 Å². The molecule has 0 unspecified atom stereocenters. The summed E-state index contributed by atoms with van der Waals surface area (Å²) >= 11 is 0. The molecule has 0 spiro atoms. The second kappa shape index (κ2) is 5.67. The van der Waals surface area contributed by atoms with Gasteiger partial charge in [0.05, 0.1) is 0 Å². The Hall–Kier alpha value is -1.13. The molecule has 2 N–H and O–H groups in total. The zero-order valence-electron chi connectivity index (χ0n) is 11.6. The molecule has 4 nitrogen and oxygen atoms in total. The smallest absolute Gasteiger partial charge is 0.128 e. The van der Waals surface area contributed by atoms with Gasteiger partial charge in [-0.15, -0.1) is 0 Å². The first-order valence-electron chi connectivity index (χ1n) is 6.71. The maximum absolute atomic E-state index is 5.83. The SMILES string of the molecule is C[C@H](N)c1ccc(N2CCC(N(C)C)CC2)nc1. The van der Waals surface area contributed by atoms with Crippen LogP contribution in [-0.4, -0.2) is 43.1 Å². The van der Waals surface area contributed by atoms with Gasteiger partial charge in [-0.2, -0.15) is 0 Å². The summed E-state index contributed by atoms with van der Waals surface area (Å²) in [6, 6.07) is 4.95. The second-order valence-electron chi connectivity index (χ2n) is 5.42. The number of hydrogen-bond donors (Lipinski definition) is 1. The zero-order chi connectivity index (χ0) is 13.1. The minimum absolute atomic E-state index is 0.0611. The van der Waals surface area contributed by atoms with E-state index in [0.717, 1.165) is 24.5 Å². The third kappa shape index (κ3) is 3.00. The number of nitrogens with zero attached hydrogens (tertiary/aromatic N) is 3. The van der Waals surface area contributed by atoms with Crippen LogP contribution in [0.25, 0.3) is 0 Å². The Kier molecular flexibility index (Phi) is 4.19. The molecule has 18 heavy (non-hydrogen) atoms. The number of rotatable bonds is 3. The maximum atomic E-state index is 5.83. The minimum Gasteiger partial charge on any atom is -0.357 e. The zero-order valence-corrected chi connectivity index (χ0v) is 11.6. The van der Waals surface area contributed by atoms with Crippen LogP contribution >= 0.6 is 0 Å². The number of anilines is 1. The van der Waals surface area contributed by atoms with Crippen molar-refractivity contribution in [2.24, 2.45) is 5.73 Å². The fourth-order valence-electron chi connectivity index (χ4n) is 2.47. The molecule has 0 radical (unpaired) electrons. The summed E-state index contributed by atoms with van der Waals surface area (Å²) < 4.78 is 0. The van der Waals surface area contributed by atoms with Crippen LogP contribution in [0.2, 0.25) is 0 Å². The van der Waals surface area contributed by atoms with Gasteiger partial charge in [0.25, 0.3) is 0 Å². The second-order valence-corrected chi connectivity index (χ2v) is 5.42. The molecule has 0 aliphatic carbocycles. The van der Waals surface area contributed by atoms with E-state index in [1.807, 2.05) is 13.1 Å². The summed E-state index contributed by atoms with van der Waals surface area (Å²) in [7, 11) is 4.33. The normalized spacial score (nSPS) is 19.3. The highest BCUT2D eigenvalue weighted by Crippen LogP contribution is 2.20. The minimum atomic E-state index is 0.0611. The standard InChI is InChI=1S/C14H24N4/c1-11(15)12-4-5-14(16-10-12)18-8-6-13(7-9-18)17(2)3/h4-5,10-11,13H,6-9,15H2,1-3H3/t11-/m0/s1. The van der Waals surface area contributed by atoms with E-state index in [2.05, 4.69) is 41.0 Å². The van der Waals surface area contributed by atoms with Gasteiger partial charge in [-0.25, -0.2) is 4.98 Å². The highest BCUT2D eigenvalue weighted by atomic mass is 15.2. The average molecular weight is 248 g/mol. The van der Waals surface area contributed by atoms with E-state index in [1.165, 1.54) is 12.8 Å². The van der Waals surface area contributed by atoms with Crippen molar-refractivity contribution >= 4 is 5.82 Å². The van der Waals surface area contributed by atoms with Crippen molar-refractivity contribution in [1.82, 2.24) is 9.88 Å². The maximum Gasteiger partial charge on any atom is 0.128 e. The summed E-state index contributed by atoms with van der Waals surface area (Å²) in [4.78, 5) is 9.22. The van der Waals surface area contributed by atoms with Gasteiger partial charge in [-0.3, -0.25) is 0 Å². The van der Waals surface area contributed by atoms with Gasteiger partial charge >= 0.3 is 0 Å². The molecule has 0 saturated carbocycles. The molecule has 1 aliphatic heterocycles. The summed E-state index contributed by atoms with van der Waals surface area (Å²) in [5.41, 5.74) is 6.93. The van der Waals surface area contributed by atoms with Crippen molar-refractivity contribution in [3.63, 3.8) is 0 Å². The molecule has 4 heteroatoms. The predicted molar refractivity (Wildman–Crippen MR) is 75.8 cm³/mol. The molecule has 1 fully saturated rings. The molecule has 0 amide bonds. The first-order chi connectivity index (χ1) is 8.58. The highest BCUT2D eigenvalue weighted by molar-refractivity contribution is 5.40. The first-order valence-corrected chi connectivity index (χ1v) is 6.71. The number of nitrogens with two attached hydrogens (primary N) is 1. The van der Waals surface area contributed by atoms with Gasteiger partial charge in [0.2, 0.25) is 0 Å². The van der Waals surface area contributed by atoms with Crippen LogP contribution in [-0.2, 0) is 0 Å². The lowest BCUT2D eigenvalue weighted by Gasteiger charge is -2.35. The van der Waals surface area contributed by atoms with Crippen LogP contribution in [0.15, 0.2) is 18.3 Å². The van der Waals surface area contributed by atoms with Gasteiger partial charge in [0.1, 0.15) is 5.82 Å². The van der Waals surface area contributed by atoms with Crippen LogP contribution in [0.4, 0.5) is 5.82 Å². The van der Waals surface area contributed by atoms with Gasteiger partial charge in [-0.05, 0) is 45.5 Å². The van der Waals surface area contributed by atoms with E-state index in [4.69, 9.17) is 5.73 Å². The van der Waals surface area contributed by atoms with Gasteiger partial charge in [0, 0.05) is 31.4 Å². The lowest BCUT2D eigenvalue weighted by atomic mass is 10.0. The van der Waals surface area contributed by atoms with Crippen molar-refractivity contribution in [3.8, 4) is 0 Å². The van der Waals surface area contributed by atoms with Crippen molar-refractivity contribution < 1.29 is 0 Å². The highest BCUT2D eigenvalue weighted by Gasteiger charge is 2.21. The fourth-order valence-corrected chi connectivity index (χ4v) is 2.47. The molecular weight excluding hydrogens is 224 g/mol. The van der Waals surface area contributed by atoms with E-state index in [1.54, 1.807) is 0 Å². The Balaban J connectivity index is 1.97. The van der Waals surface area contributed by atoms with E-state index in [9.17, 15) is 0 Å². The average Bonchev–Trinajstić information content (AvgIpc) is 2.39. The summed E-state index contributed by atoms with van der Waals surface area (Å²) in [5.74, 6) is 1.08. The summed E-state index contributed by atoms with van der Waals surface area (Å²) in [5, 5.41) is 0. The lowest BCUT2D eigenvalue weighted by molar-refractivity contribution is 0.249. The monoisotopic (exact) mass is 248 g/mol. The van der Waals surface area contributed by atoms with Crippen molar-refractivity contribution in [1.29, 1.82) is 0 Å². The third-order valence-electron chi connectivity index (χ3n) is 3.82. The molecule has 1 aromatic heterocycles. The van der Waals surface area contributed by atoms with Gasteiger partial charge in [-0.1, -0.05) is 6.07 Å². The molecular formula is C14H24N4. The van der Waals surface area contributed by atoms with E-state index >= 15 is 0 Å². The quantitative estimate of drug-likeness (QED) is 0.883. The van der Waals surface area contributed by atoms with Crippen LogP contribution in [0.3, 0.4) is 0 Å². The van der Waals surface area contributed by atoms with Crippen LogP contribution < -0.4 is 10.6 Å². The largest absolute Gasteiger partial charge is 0.357 e. The molecule has 1 aromatic rings. The molecule has 100 valence electrons. The van der Waals surface area contributed by atoms with E-state index < -0.39 is 0 Å². The van der Waals surface area contributed by atoms with Crippen LogP contribution in [0, 0.1) is 0 Å². The Morgan fingerprint density at radius 3 is 2.44 bits per heavy atom. The van der Waals surface area contributed by atoms with Gasteiger partial charge < -0.3 is 15.5 Å². The van der Waals surface area contributed by atoms with Crippen molar-refractivity contribution in [2.45, 2.75) is 31.8 Å². The molecule has 1 saturated heterocycles. The Labute approximate surface area is 110 Å². The molecule has 2 rings (SSSR count). The molecule has 0 bridgehead atoms. The Bertz CT molecular complexity index is 364. The number of pyridine rings is 1. The number of hydrogen-bond acceptors (Lipinski definition) is 4. The summed E-state index contributed by atoms with van der Waals surface area (Å²) in [6.07, 6.45) is 4.32. The fraction of sp³-hybridized carbons (Fsp3) is 0.643. The Morgan fingerprint density at radius 2 is 2.00 bits per heavy atom. The number of aromatic nitrogens is 1. The third-order valence-corrected chi connectivity index (χ3v) is 3.82. The van der Waals surface area contributed by atoms with Gasteiger partial charge in [0.15, 0.2) is 0 Å². The molecule has 1 aliphatic rings. The summed E-state index contributed by atoms with van der Waals surface area (Å²) in [6.45, 7) is 4.17. The van der Waals surface area contributed by atoms with E-state index in [0.29, 0.717) is 6.04 Å². The molecule has 2 heterocycles. The number of piperidine rings is 1. The topological polar surface area (TPSA) is 45.4 Å². The Morgan fingerprint density at radius 1 is 1.33 bits per heavy atom. The molecule has 1 atom stereocenters. The van der Waals surface area contributed by atoms with Crippen molar-refractivity contribution in [2.75, 3.05) is 32.1 Å².